The molecule has 1 atom stereocenters. The van der Waals surface area contributed by atoms with Crippen LogP contribution in [0.2, 0.25) is 0 Å². The van der Waals surface area contributed by atoms with E-state index in [-0.39, 0.29) is 0 Å². The Bertz CT molecular complexity index is 883. The number of H-pyrrole nitrogens is 1. The van der Waals surface area contributed by atoms with Crippen molar-refractivity contribution in [2.75, 3.05) is 13.2 Å². The third kappa shape index (κ3) is 2.74. The van der Waals surface area contributed by atoms with Gasteiger partial charge in [0.05, 0.1) is 5.60 Å². The molecule has 2 heterocycles. The maximum absolute atomic E-state index is 11.1. The fourth-order valence-corrected chi connectivity index (χ4v) is 5.04. The Labute approximate surface area is 154 Å². The molecule has 1 aliphatic heterocycles. The van der Waals surface area contributed by atoms with Crippen molar-refractivity contribution in [2.24, 2.45) is 5.92 Å². The first-order valence-corrected chi connectivity index (χ1v) is 10.0. The molecule has 1 saturated carbocycles. The molecule has 0 spiro atoms. The monoisotopic (exact) mass is 349 g/mol. The summed E-state index contributed by atoms with van der Waals surface area (Å²) in [7, 11) is 0. The molecule has 2 N–H and O–H groups in total. The highest BCUT2D eigenvalue weighted by molar-refractivity contribution is 5.93. The number of benzene rings is 1. The number of fused-ring (bicyclic) bond motifs is 2. The van der Waals surface area contributed by atoms with Crippen LogP contribution >= 0.6 is 0 Å². The van der Waals surface area contributed by atoms with E-state index in [2.05, 4.69) is 41.5 Å². The molecule has 3 heteroatoms. The van der Waals surface area contributed by atoms with E-state index in [0.29, 0.717) is 26.1 Å². The molecule has 0 amide bonds. The first-order chi connectivity index (χ1) is 12.7. The SMILES string of the molecule is OC1(c2ccc3[nH]cc(C4=CCC=C5CCCC5C4)c3c2)CCOCC1. The Morgan fingerprint density at radius 3 is 2.92 bits per heavy atom. The van der Waals surface area contributed by atoms with Crippen molar-refractivity contribution in [3.63, 3.8) is 0 Å². The van der Waals surface area contributed by atoms with E-state index in [4.69, 9.17) is 4.74 Å². The van der Waals surface area contributed by atoms with Crippen LogP contribution in [-0.2, 0) is 10.3 Å². The highest BCUT2D eigenvalue weighted by Crippen LogP contribution is 2.42. The fourth-order valence-electron chi connectivity index (χ4n) is 5.04. The average Bonchev–Trinajstić information content (AvgIpc) is 3.23. The summed E-state index contributed by atoms with van der Waals surface area (Å²) in [5.74, 6) is 0.733. The highest BCUT2D eigenvalue weighted by atomic mass is 16.5. The number of hydrogen-bond donors (Lipinski definition) is 2. The molecule has 136 valence electrons. The lowest BCUT2D eigenvalue weighted by Crippen LogP contribution is -2.33. The number of ether oxygens (including phenoxy) is 1. The van der Waals surface area contributed by atoms with Crippen molar-refractivity contribution in [1.29, 1.82) is 0 Å². The Morgan fingerprint density at radius 2 is 2.04 bits per heavy atom. The molecule has 0 bridgehead atoms. The van der Waals surface area contributed by atoms with E-state index in [1.54, 1.807) is 5.57 Å². The standard InChI is InChI=1S/C23H27NO2/c25-23(9-11-26-12-10-23)19-7-8-22-20(14-19)21(15-24-22)18-6-2-4-16-3-1-5-17(16)13-18/h4,6-8,14-15,17,24-25H,1-3,5,9-13H2. The van der Waals surface area contributed by atoms with Crippen LogP contribution in [0.5, 0.6) is 0 Å². The van der Waals surface area contributed by atoms with Crippen molar-refractivity contribution in [3.05, 3.63) is 53.2 Å². The lowest BCUT2D eigenvalue weighted by atomic mass is 9.85. The highest BCUT2D eigenvalue weighted by Gasteiger charge is 2.32. The summed E-state index contributed by atoms with van der Waals surface area (Å²) in [5, 5.41) is 12.3. The number of aromatic amines is 1. The minimum atomic E-state index is -0.751. The Kier molecular flexibility index (Phi) is 4.02. The van der Waals surface area contributed by atoms with Crippen LogP contribution in [0.1, 0.15) is 56.1 Å². The van der Waals surface area contributed by atoms with Gasteiger partial charge in [0.15, 0.2) is 0 Å². The van der Waals surface area contributed by atoms with E-state index in [1.165, 1.54) is 35.8 Å². The van der Waals surface area contributed by atoms with E-state index < -0.39 is 5.60 Å². The molecule has 5 rings (SSSR count). The maximum Gasteiger partial charge on any atom is 0.0940 e. The van der Waals surface area contributed by atoms with Gasteiger partial charge >= 0.3 is 0 Å². The van der Waals surface area contributed by atoms with Crippen molar-refractivity contribution < 1.29 is 9.84 Å². The van der Waals surface area contributed by atoms with Gasteiger partial charge in [0.1, 0.15) is 0 Å². The maximum atomic E-state index is 11.1. The predicted molar refractivity (Wildman–Crippen MR) is 105 cm³/mol. The topological polar surface area (TPSA) is 45.2 Å². The van der Waals surface area contributed by atoms with Crippen molar-refractivity contribution in [2.45, 2.75) is 50.5 Å². The molecule has 1 aromatic heterocycles. The minimum absolute atomic E-state index is 0.635. The van der Waals surface area contributed by atoms with Gasteiger partial charge in [-0.1, -0.05) is 23.8 Å². The van der Waals surface area contributed by atoms with Gasteiger partial charge in [-0.2, -0.15) is 0 Å². The van der Waals surface area contributed by atoms with Gasteiger partial charge in [-0.25, -0.2) is 0 Å². The summed E-state index contributed by atoms with van der Waals surface area (Å²) in [4.78, 5) is 3.44. The van der Waals surface area contributed by atoms with Gasteiger partial charge < -0.3 is 14.8 Å². The van der Waals surface area contributed by atoms with Crippen LogP contribution < -0.4 is 0 Å². The molecule has 26 heavy (non-hydrogen) atoms. The Morgan fingerprint density at radius 1 is 1.15 bits per heavy atom. The minimum Gasteiger partial charge on any atom is -0.385 e. The third-order valence-corrected chi connectivity index (χ3v) is 6.64. The number of nitrogens with one attached hydrogen (secondary N) is 1. The molecule has 0 radical (unpaired) electrons. The van der Waals surface area contributed by atoms with E-state index in [9.17, 15) is 5.11 Å². The van der Waals surface area contributed by atoms with E-state index in [1.807, 2.05) is 0 Å². The molecule has 3 aliphatic rings. The summed E-state index contributed by atoms with van der Waals surface area (Å²) < 4.78 is 5.45. The zero-order valence-electron chi connectivity index (χ0n) is 15.3. The van der Waals surface area contributed by atoms with Crippen LogP contribution in [0.25, 0.3) is 16.5 Å². The lowest BCUT2D eigenvalue weighted by molar-refractivity contribution is -0.0678. The van der Waals surface area contributed by atoms with Crippen LogP contribution in [0.15, 0.2) is 42.1 Å². The second kappa shape index (κ2) is 6.40. The zero-order valence-corrected chi connectivity index (χ0v) is 15.3. The van der Waals surface area contributed by atoms with Gasteiger partial charge in [0, 0.05) is 48.7 Å². The molecule has 3 nitrogen and oxygen atoms in total. The second-order valence-electron chi connectivity index (χ2n) is 8.14. The van der Waals surface area contributed by atoms with Crippen LogP contribution in [0, 0.1) is 5.92 Å². The van der Waals surface area contributed by atoms with Crippen LogP contribution in [0.3, 0.4) is 0 Å². The molecule has 1 unspecified atom stereocenters. The van der Waals surface area contributed by atoms with Gasteiger partial charge in [0.2, 0.25) is 0 Å². The number of aliphatic hydroxyl groups is 1. The number of rotatable bonds is 2. The number of hydrogen-bond acceptors (Lipinski definition) is 2. The Hall–Kier alpha value is -1.84. The van der Waals surface area contributed by atoms with Crippen molar-refractivity contribution in [3.8, 4) is 0 Å². The normalized spacial score (nSPS) is 25.5. The average molecular weight is 349 g/mol. The fraction of sp³-hybridized carbons (Fsp3) is 0.478. The first kappa shape index (κ1) is 16.3. The Balaban J connectivity index is 1.52. The summed E-state index contributed by atoms with van der Waals surface area (Å²) in [6.45, 7) is 1.27. The molecule has 2 aliphatic carbocycles. The number of aromatic nitrogens is 1. The molecule has 2 aromatic rings. The summed E-state index contributed by atoms with van der Waals surface area (Å²) in [6, 6.07) is 6.41. The molecule has 1 aromatic carbocycles. The predicted octanol–water partition coefficient (Wildman–Crippen LogP) is 5.07. The quantitative estimate of drug-likeness (QED) is 0.744. The second-order valence-corrected chi connectivity index (χ2v) is 8.14. The summed E-state index contributed by atoms with van der Waals surface area (Å²) in [5.41, 5.74) is 5.89. The summed E-state index contributed by atoms with van der Waals surface area (Å²) >= 11 is 0. The smallest absolute Gasteiger partial charge is 0.0940 e. The number of allylic oxidation sites excluding steroid dienone is 4. The van der Waals surface area contributed by atoms with Gasteiger partial charge in [-0.05, 0) is 61.3 Å². The van der Waals surface area contributed by atoms with Gasteiger partial charge in [-0.15, -0.1) is 0 Å². The van der Waals surface area contributed by atoms with Gasteiger partial charge in [0.25, 0.3) is 0 Å². The van der Waals surface area contributed by atoms with Crippen LogP contribution in [-0.4, -0.2) is 23.3 Å². The van der Waals surface area contributed by atoms with E-state index >= 15 is 0 Å². The molecular formula is C23H27NO2. The van der Waals surface area contributed by atoms with Gasteiger partial charge in [-0.3, -0.25) is 0 Å². The van der Waals surface area contributed by atoms with Crippen molar-refractivity contribution in [1.82, 2.24) is 4.98 Å². The summed E-state index contributed by atoms with van der Waals surface area (Å²) in [6.07, 6.45) is 14.5. The van der Waals surface area contributed by atoms with E-state index in [0.717, 1.165) is 29.8 Å². The zero-order chi connectivity index (χ0) is 17.6. The largest absolute Gasteiger partial charge is 0.385 e. The molecular weight excluding hydrogens is 322 g/mol. The van der Waals surface area contributed by atoms with Crippen molar-refractivity contribution >= 4 is 16.5 Å². The first-order valence-electron chi connectivity index (χ1n) is 10.0. The lowest BCUT2D eigenvalue weighted by Gasteiger charge is -2.32. The van der Waals surface area contributed by atoms with Crippen LogP contribution in [0.4, 0.5) is 0 Å². The third-order valence-electron chi connectivity index (χ3n) is 6.64. The molecule has 1 saturated heterocycles. The molecule has 2 fully saturated rings.